The van der Waals surface area contributed by atoms with Crippen molar-refractivity contribution < 1.29 is 154 Å². The Hall–Kier alpha value is -1.77. The second-order valence-corrected chi connectivity index (χ2v) is 19.2. The summed E-state index contributed by atoms with van der Waals surface area (Å²) in [4.78, 5) is 12.8. The summed E-state index contributed by atoms with van der Waals surface area (Å²) >= 11 is 0. The van der Waals surface area contributed by atoms with Gasteiger partial charge in [0.1, 0.15) is 146 Å². The van der Waals surface area contributed by atoms with Crippen LogP contribution in [0.5, 0.6) is 0 Å². The van der Waals surface area contributed by atoms with Crippen molar-refractivity contribution >= 4 is 5.91 Å². The molecule has 33 heteroatoms. The van der Waals surface area contributed by atoms with E-state index in [1.54, 1.807) is 0 Å². The number of nitrogens with two attached hydrogens (primary N) is 1. The smallest absolute Gasteiger partial charge is 0.217 e. The lowest BCUT2D eigenvalue weighted by Crippen LogP contribution is -2.70. The lowest BCUT2D eigenvalue weighted by Gasteiger charge is -2.51. The number of hydrogen-bond donors (Lipinski definition) is 20. The van der Waals surface area contributed by atoms with E-state index in [1.807, 2.05) is 0 Å². The van der Waals surface area contributed by atoms with Crippen molar-refractivity contribution in [2.24, 2.45) is 5.73 Å². The molecule has 6 saturated heterocycles. The first-order valence-electron chi connectivity index (χ1n) is 24.8. The number of rotatable bonds is 23. The maximum Gasteiger partial charge on any atom is 0.217 e. The monoisotopic (exact) mass is 1120 g/mol. The van der Waals surface area contributed by atoms with Crippen LogP contribution in [-0.2, 0) is 61.6 Å². The van der Waals surface area contributed by atoms with Gasteiger partial charge < -0.3 is 160 Å². The van der Waals surface area contributed by atoms with Gasteiger partial charge in [0.25, 0.3) is 0 Å². The van der Waals surface area contributed by atoms with E-state index in [9.17, 15) is 96.7 Å². The number of aliphatic hydroxyl groups is 18. The molecule has 444 valence electrons. The van der Waals surface area contributed by atoms with Crippen LogP contribution in [0.4, 0.5) is 0 Å². The highest BCUT2D eigenvalue weighted by molar-refractivity contribution is 5.73. The number of ether oxygens (including phenoxy) is 12. The lowest BCUT2D eigenvalue weighted by molar-refractivity contribution is -0.394. The molecule has 30 atom stereocenters. The van der Waals surface area contributed by atoms with Gasteiger partial charge in [-0.2, -0.15) is 0 Å². The first-order chi connectivity index (χ1) is 36.2. The third kappa shape index (κ3) is 14.1. The summed E-state index contributed by atoms with van der Waals surface area (Å²) in [5.41, 5.74) is 5.51. The van der Waals surface area contributed by atoms with E-state index in [-0.39, 0.29) is 6.61 Å². The molecule has 6 rings (SSSR count). The van der Waals surface area contributed by atoms with Crippen molar-refractivity contribution in [1.82, 2.24) is 5.32 Å². The van der Waals surface area contributed by atoms with E-state index < -0.39 is 230 Å². The minimum atomic E-state index is -2.23. The number of nitrogens with one attached hydrogen (secondary N) is 1. The first kappa shape index (κ1) is 63.4. The number of unbranched alkanes of at least 4 members (excludes halogenated alkanes) is 2. The van der Waals surface area contributed by atoms with Gasteiger partial charge >= 0.3 is 0 Å². The SMILES string of the molecule is CC(=O)N[C@H]1C(O[C@@H]2OC(CO)[C@H](O)C(O)[C@@H]2O[C@@H]2OC(CO)[C@@H](O)C(O)[C@@H]2O)[C@@H](O)C(CO)O[C@H]1O[C@@H]1C(O)[C@@H](O[C@H]2C(CO)O[C@@H](O[C@@H]3C(CO)O[C@@H](OCCCCCN)C(O)C3O)[C@@H](O)C2O)OC(CO)[C@@H]1O. The fraction of sp³-hybridized carbons (Fsp3) is 0.977. The molecule has 76 heavy (non-hydrogen) atoms. The van der Waals surface area contributed by atoms with Crippen molar-refractivity contribution in [3.8, 4) is 0 Å². The van der Waals surface area contributed by atoms with Crippen LogP contribution in [0, 0.1) is 0 Å². The molecule has 21 N–H and O–H groups in total. The minimum absolute atomic E-state index is 0.106. The van der Waals surface area contributed by atoms with Gasteiger partial charge in [0.15, 0.2) is 37.7 Å². The van der Waals surface area contributed by atoms with Gasteiger partial charge in [0.05, 0.1) is 39.6 Å². The summed E-state index contributed by atoms with van der Waals surface area (Å²) in [5.74, 6) is -0.881. The normalized spacial score (nSPS) is 48.4. The van der Waals surface area contributed by atoms with Crippen molar-refractivity contribution in [3.05, 3.63) is 0 Å². The van der Waals surface area contributed by atoms with Crippen LogP contribution >= 0.6 is 0 Å². The zero-order chi connectivity index (χ0) is 55.9. The molecule has 13 unspecified atom stereocenters. The fourth-order valence-electron chi connectivity index (χ4n) is 9.64. The Morgan fingerprint density at radius 1 is 0.382 bits per heavy atom. The highest BCUT2D eigenvalue weighted by Gasteiger charge is 2.58. The quantitative estimate of drug-likeness (QED) is 0.0423. The molecular weight excluding hydrogens is 1040 g/mol. The van der Waals surface area contributed by atoms with Crippen LogP contribution in [0.25, 0.3) is 0 Å². The van der Waals surface area contributed by atoms with Crippen LogP contribution in [0.3, 0.4) is 0 Å². The zero-order valence-electron chi connectivity index (χ0n) is 41.0. The number of aliphatic hydroxyl groups excluding tert-OH is 18. The first-order valence-corrected chi connectivity index (χ1v) is 24.8. The number of hydrogen-bond acceptors (Lipinski definition) is 32. The maximum absolute atomic E-state index is 12.8. The average Bonchev–Trinajstić information content (AvgIpc) is 3.40. The van der Waals surface area contributed by atoms with E-state index in [0.717, 1.165) is 6.92 Å². The summed E-state index contributed by atoms with van der Waals surface area (Å²) in [5, 5.41) is 196. The fourth-order valence-corrected chi connectivity index (χ4v) is 9.64. The summed E-state index contributed by atoms with van der Waals surface area (Å²) in [7, 11) is 0. The minimum Gasteiger partial charge on any atom is -0.394 e. The average molecular weight is 1120 g/mol. The van der Waals surface area contributed by atoms with Crippen LogP contribution in [0.15, 0.2) is 0 Å². The van der Waals surface area contributed by atoms with E-state index >= 15 is 0 Å². The third-order valence-corrected chi connectivity index (χ3v) is 13.9. The van der Waals surface area contributed by atoms with Gasteiger partial charge in [0.2, 0.25) is 5.91 Å². The number of carbonyl (C=O) groups excluding carboxylic acids is 1. The molecule has 6 fully saturated rings. The molecule has 0 aromatic carbocycles. The molecule has 6 aliphatic rings. The molecule has 0 aromatic rings. The standard InChI is InChI=1S/C43H76N2O31/c1-13(52)45-20-35(74-43-37(26(58)22(54)15(8-47)69-43)76-40-29(61)25(57)21(53)14(7-46)67-40)23(55)16(9-48)66-38(20)75-36-24(56)17(10-49)68-42(32(36)64)73-34-19(12-51)71-41(31(63)28(34)60)72-33-18(11-50)70-39(30(62)27(33)59)65-6-4-2-3-5-44/h14-43,46-51,53-64H,2-12,44H2,1H3,(H,45,52)/t14?,15?,16?,17?,18?,19?,20-,21+,22-,23-,24-,25?,26?,27?,28?,29-,30?,31-,32?,33+,34-,35?,36-,37-,38-,39+,40-,41-,42+,43-/m0/s1. The second kappa shape index (κ2) is 28.8. The highest BCUT2D eigenvalue weighted by Crippen LogP contribution is 2.37. The van der Waals surface area contributed by atoms with Gasteiger partial charge in [-0.05, 0) is 25.8 Å². The van der Waals surface area contributed by atoms with E-state index in [4.69, 9.17) is 62.6 Å². The molecule has 0 aromatic heterocycles. The van der Waals surface area contributed by atoms with Crippen LogP contribution in [-0.4, -0.2) is 335 Å². The Kier molecular flexibility index (Phi) is 24.0. The topological polar surface area (TPSA) is 530 Å². The van der Waals surface area contributed by atoms with Crippen molar-refractivity contribution in [1.29, 1.82) is 0 Å². The van der Waals surface area contributed by atoms with Gasteiger partial charge in [-0.1, -0.05) is 0 Å². The predicted molar refractivity (Wildman–Crippen MR) is 237 cm³/mol. The largest absolute Gasteiger partial charge is 0.394 e. The molecule has 0 radical (unpaired) electrons. The van der Waals surface area contributed by atoms with Crippen LogP contribution in [0.1, 0.15) is 26.2 Å². The Balaban J connectivity index is 1.20. The summed E-state index contributed by atoms with van der Waals surface area (Å²) in [6, 6.07) is -1.82. The molecule has 6 heterocycles. The van der Waals surface area contributed by atoms with Crippen molar-refractivity contribution in [2.45, 2.75) is 210 Å². The van der Waals surface area contributed by atoms with Crippen LogP contribution < -0.4 is 11.1 Å². The lowest BCUT2D eigenvalue weighted by atomic mass is 9.94. The second-order valence-electron chi connectivity index (χ2n) is 19.2. The molecular formula is C43H76N2O31. The Morgan fingerprint density at radius 2 is 0.750 bits per heavy atom. The van der Waals surface area contributed by atoms with E-state index in [2.05, 4.69) is 5.32 Å². The van der Waals surface area contributed by atoms with Crippen molar-refractivity contribution in [2.75, 3.05) is 52.8 Å². The molecule has 6 aliphatic heterocycles. The number of amides is 1. The maximum atomic E-state index is 12.8. The molecule has 33 nitrogen and oxygen atoms in total. The summed E-state index contributed by atoms with van der Waals surface area (Å²) in [6.45, 7) is -4.20. The van der Waals surface area contributed by atoms with Gasteiger partial charge in [-0.15, -0.1) is 0 Å². The zero-order valence-corrected chi connectivity index (χ0v) is 41.0. The molecule has 0 bridgehead atoms. The van der Waals surface area contributed by atoms with Gasteiger partial charge in [-0.3, -0.25) is 4.79 Å². The molecule has 0 spiro atoms. The highest BCUT2D eigenvalue weighted by atomic mass is 16.8. The summed E-state index contributed by atoms with van der Waals surface area (Å²) < 4.78 is 68.9. The number of carbonyl (C=O) groups is 1. The molecule has 1 amide bonds. The Labute approximate surface area is 433 Å². The van der Waals surface area contributed by atoms with Crippen LogP contribution in [0.2, 0.25) is 0 Å². The van der Waals surface area contributed by atoms with E-state index in [1.165, 1.54) is 0 Å². The molecule has 0 aliphatic carbocycles. The Morgan fingerprint density at radius 3 is 1.26 bits per heavy atom. The molecule has 0 saturated carbocycles. The van der Waals surface area contributed by atoms with Gasteiger partial charge in [0, 0.05) is 13.5 Å². The third-order valence-electron chi connectivity index (χ3n) is 13.9. The van der Waals surface area contributed by atoms with Crippen molar-refractivity contribution in [3.63, 3.8) is 0 Å². The van der Waals surface area contributed by atoms with E-state index in [0.29, 0.717) is 25.8 Å². The van der Waals surface area contributed by atoms with Gasteiger partial charge in [-0.25, -0.2) is 0 Å². The Bertz CT molecular complexity index is 1730. The summed E-state index contributed by atoms with van der Waals surface area (Å²) in [6.07, 6.45) is -52.9. The predicted octanol–water partition coefficient (Wildman–Crippen LogP) is -12.8.